The summed E-state index contributed by atoms with van der Waals surface area (Å²) in [5.41, 5.74) is 2.37. The maximum atomic E-state index is 14.3. The van der Waals surface area contributed by atoms with E-state index < -0.39 is 11.6 Å². The lowest BCUT2D eigenvalue weighted by atomic mass is 10.0. The summed E-state index contributed by atoms with van der Waals surface area (Å²) in [4.78, 5) is 0. The smallest absolute Gasteiger partial charge is 0.165 e. The average Bonchev–Trinajstić information content (AvgIpc) is 3.37. The van der Waals surface area contributed by atoms with Crippen molar-refractivity contribution in [2.75, 3.05) is 20.2 Å². The van der Waals surface area contributed by atoms with Crippen LogP contribution in [-0.4, -0.2) is 30.0 Å². The SMILES string of the molecule is COc1ccc(-c2nn(C3CCNC3)cc2-c2ccc(C#N)c(F)c2)cc1F. The highest BCUT2D eigenvalue weighted by Gasteiger charge is 2.22. The number of aromatic nitrogens is 2. The van der Waals surface area contributed by atoms with Crippen molar-refractivity contribution >= 4 is 0 Å². The van der Waals surface area contributed by atoms with Crippen LogP contribution in [0.1, 0.15) is 18.0 Å². The van der Waals surface area contributed by atoms with Crippen LogP contribution in [0.3, 0.4) is 0 Å². The number of nitriles is 1. The second-order valence-electron chi connectivity index (χ2n) is 6.67. The number of rotatable bonds is 4. The predicted octanol–water partition coefficient (Wildman–Crippen LogP) is 3.91. The Bertz CT molecular complexity index is 1060. The van der Waals surface area contributed by atoms with Crippen molar-refractivity contribution in [2.24, 2.45) is 0 Å². The van der Waals surface area contributed by atoms with Crippen molar-refractivity contribution in [1.82, 2.24) is 15.1 Å². The number of hydrogen-bond donors (Lipinski definition) is 1. The molecule has 1 N–H and O–H groups in total. The van der Waals surface area contributed by atoms with Crippen LogP contribution >= 0.6 is 0 Å². The predicted molar refractivity (Wildman–Crippen MR) is 101 cm³/mol. The average molecular weight is 380 g/mol. The van der Waals surface area contributed by atoms with Gasteiger partial charge in [-0.25, -0.2) is 8.78 Å². The van der Waals surface area contributed by atoms with Crippen molar-refractivity contribution in [1.29, 1.82) is 5.26 Å². The van der Waals surface area contributed by atoms with E-state index in [4.69, 9.17) is 10.00 Å². The topological polar surface area (TPSA) is 62.9 Å². The number of halogens is 2. The van der Waals surface area contributed by atoms with Gasteiger partial charge in [0.05, 0.1) is 18.7 Å². The van der Waals surface area contributed by atoms with E-state index >= 15 is 0 Å². The Kier molecular flexibility index (Phi) is 4.80. The Balaban J connectivity index is 1.85. The van der Waals surface area contributed by atoms with Crippen LogP contribution in [0.5, 0.6) is 5.75 Å². The van der Waals surface area contributed by atoms with Crippen LogP contribution in [0.15, 0.2) is 42.6 Å². The van der Waals surface area contributed by atoms with Crippen LogP contribution < -0.4 is 10.1 Å². The molecule has 0 aliphatic carbocycles. The summed E-state index contributed by atoms with van der Waals surface area (Å²) in [6.07, 6.45) is 2.79. The van der Waals surface area contributed by atoms with Crippen molar-refractivity contribution in [2.45, 2.75) is 12.5 Å². The molecule has 1 aliphatic heterocycles. The molecule has 1 unspecified atom stereocenters. The van der Waals surface area contributed by atoms with Crippen LogP contribution in [0.2, 0.25) is 0 Å². The van der Waals surface area contributed by atoms with E-state index in [0.29, 0.717) is 22.4 Å². The molecule has 1 aromatic heterocycles. The molecule has 28 heavy (non-hydrogen) atoms. The molecule has 142 valence electrons. The van der Waals surface area contributed by atoms with Gasteiger partial charge in [-0.15, -0.1) is 0 Å². The first-order chi connectivity index (χ1) is 13.6. The van der Waals surface area contributed by atoms with Gasteiger partial charge < -0.3 is 10.1 Å². The summed E-state index contributed by atoms with van der Waals surface area (Å²) >= 11 is 0. The normalized spacial score (nSPS) is 16.1. The molecule has 1 fully saturated rings. The number of methoxy groups -OCH3 is 1. The fourth-order valence-electron chi connectivity index (χ4n) is 3.46. The molecule has 2 heterocycles. The number of hydrogen-bond acceptors (Lipinski definition) is 4. The van der Waals surface area contributed by atoms with Crippen molar-refractivity contribution in [3.8, 4) is 34.2 Å². The molecule has 3 aromatic rings. The minimum atomic E-state index is -0.595. The molecule has 0 bridgehead atoms. The molecule has 7 heteroatoms. The number of nitrogens with zero attached hydrogens (tertiary/aromatic N) is 3. The highest BCUT2D eigenvalue weighted by atomic mass is 19.1. The van der Waals surface area contributed by atoms with E-state index in [-0.39, 0.29) is 17.4 Å². The molecule has 5 nitrogen and oxygen atoms in total. The standard InChI is InChI=1S/C21H18F2N4O/c1-28-20-5-4-14(9-19(20)23)21-17(12-27(26-21)16-6-7-25-11-16)13-2-3-15(10-24)18(22)8-13/h2-5,8-9,12,16,25H,6-7,11H2,1H3. The maximum absolute atomic E-state index is 14.3. The van der Waals surface area contributed by atoms with Gasteiger partial charge in [-0.2, -0.15) is 10.4 Å². The Morgan fingerprint density at radius 3 is 2.61 bits per heavy atom. The van der Waals surface area contributed by atoms with E-state index in [1.54, 1.807) is 18.2 Å². The zero-order chi connectivity index (χ0) is 19.7. The third-order valence-electron chi connectivity index (χ3n) is 4.97. The van der Waals surface area contributed by atoms with E-state index in [2.05, 4.69) is 10.4 Å². The highest BCUT2D eigenvalue weighted by molar-refractivity contribution is 5.81. The fraction of sp³-hybridized carbons (Fsp3) is 0.238. The lowest BCUT2D eigenvalue weighted by Gasteiger charge is -2.08. The lowest BCUT2D eigenvalue weighted by Crippen LogP contribution is -2.13. The van der Waals surface area contributed by atoms with Crippen LogP contribution in [0.4, 0.5) is 8.78 Å². The lowest BCUT2D eigenvalue weighted by molar-refractivity contribution is 0.386. The molecular formula is C21H18F2N4O. The Labute approximate surface area is 161 Å². The Morgan fingerprint density at radius 2 is 1.96 bits per heavy atom. The van der Waals surface area contributed by atoms with E-state index in [1.165, 1.54) is 25.3 Å². The zero-order valence-corrected chi connectivity index (χ0v) is 15.2. The first-order valence-corrected chi connectivity index (χ1v) is 8.94. The molecule has 0 amide bonds. The summed E-state index contributed by atoms with van der Waals surface area (Å²) in [5, 5.41) is 17.0. The van der Waals surface area contributed by atoms with E-state index in [9.17, 15) is 8.78 Å². The van der Waals surface area contributed by atoms with Crippen LogP contribution in [0, 0.1) is 23.0 Å². The summed E-state index contributed by atoms with van der Waals surface area (Å²) in [5.74, 6) is -0.940. The summed E-state index contributed by atoms with van der Waals surface area (Å²) < 4.78 is 35.3. The molecule has 0 spiro atoms. The number of benzene rings is 2. The third kappa shape index (κ3) is 3.23. The van der Waals surface area contributed by atoms with Gasteiger partial charge >= 0.3 is 0 Å². The number of ether oxygens (including phenoxy) is 1. The molecule has 1 saturated heterocycles. The zero-order valence-electron chi connectivity index (χ0n) is 15.2. The minimum absolute atomic E-state index is 0.0202. The second kappa shape index (κ2) is 7.41. The maximum Gasteiger partial charge on any atom is 0.165 e. The van der Waals surface area contributed by atoms with Gasteiger partial charge in [0.25, 0.3) is 0 Å². The van der Waals surface area contributed by atoms with Gasteiger partial charge in [-0.1, -0.05) is 6.07 Å². The summed E-state index contributed by atoms with van der Waals surface area (Å²) in [7, 11) is 1.41. The van der Waals surface area contributed by atoms with Crippen LogP contribution in [0.25, 0.3) is 22.4 Å². The molecule has 1 aliphatic rings. The molecule has 1 atom stereocenters. The van der Waals surface area contributed by atoms with E-state index in [0.717, 1.165) is 19.5 Å². The van der Waals surface area contributed by atoms with E-state index in [1.807, 2.05) is 16.9 Å². The van der Waals surface area contributed by atoms with Gasteiger partial charge in [-0.3, -0.25) is 4.68 Å². The molecular weight excluding hydrogens is 362 g/mol. The molecule has 0 saturated carbocycles. The Morgan fingerprint density at radius 1 is 1.18 bits per heavy atom. The van der Waals surface area contributed by atoms with Gasteiger partial charge in [0, 0.05) is 23.9 Å². The Hall–Kier alpha value is -3.24. The van der Waals surface area contributed by atoms with Gasteiger partial charge in [0.1, 0.15) is 17.6 Å². The second-order valence-corrected chi connectivity index (χ2v) is 6.67. The van der Waals surface area contributed by atoms with Crippen LogP contribution in [-0.2, 0) is 0 Å². The summed E-state index contributed by atoms with van der Waals surface area (Å²) in [6.45, 7) is 1.69. The van der Waals surface area contributed by atoms with Gasteiger partial charge in [0.15, 0.2) is 11.6 Å². The monoisotopic (exact) mass is 380 g/mol. The van der Waals surface area contributed by atoms with Gasteiger partial charge in [0.2, 0.25) is 0 Å². The van der Waals surface area contributed by atoms with Crippen molar-refractivity contribution in [3.05, 3.63) is 59.8 Å². The molecule has 0 radical (unpaired) electrons. The van der Waals surface area contributed by atoms with Gasteiger partial charge in [-0.05, 0) is 48.9 Å². The molecule has 4 rings (SSSR count). The highest BCUT2D eigenvalue weighted by Crippen LogP contribution is 2.35. The fourth-order valence-corrected chi connectivity index (χ4v) is 3.46. The largest absolute Gasteiger partial charge is 0.494 e. The quantitative estimate of drug-likeness (QED) is 0.745. The first kappa shape index (κ1) is 18.1. The molecule has 2 aromatic carbocycles. The first-order valence-electron chi connectivity index (χ1n) is 8.94. The van der Waals surface area contributed by atoms with Crippen molar-refractivity contribution in [3.63, 3.8) is 0 Å². The summed E-state index contributed by atoms with van der Waals surface area (Å²) in [6, 6.07) is 11.1. The number of nitrogens with one attached hydrogen (secondary N) is 1. The minimum Gasteiger partial charge on any atom is -0.494 e. The third-order valence-corrected chi connectivity index (χ3v) is 4.97. The van der Waals surface area contributed by atoms with Crippen molar-refractivity contribution < 1.29 is 13.5 Å².